The summed E-state index contributed by atoms with van der Waals surface area (Å²) in [4.78, 5) is 23.5. The minimum absolute atomic E-state index is 0.0178. The van der Waals surface area contributed by atoms with Crippen LogP contribution in [0.2, 0.25) is 0 Å². The summed E-state index contributed by atoms with van der Waals surface area (Å²) in [5.41, 5.74) is 1.95. The normalized spacial score (nSPS) is 13.8. The van der Waals surface area contributed by atoms with Gasteiger partial charge in [0.25, 0.3) is 0 Å². The van der Waals surface area contributed by atoms with Crippen LogP contribution in [-0.4, -0.2) is 18.0 Å². The van der Waals surface area contributed by atoms with Crippen LogP contribution >= 0.6 is 0 Å². The van der Waals surface area contributed by atoms with Gasteiger partial charge in [-0.3, -0.25) is 4.79 Å². The molecule has 0 aromatic heterocycles. The Bertz CT molecular complexity index is 534. The molecule has 0 aliphatic heterocycles. The first kappa shape index (κ1) is 19.2. The lowest BCUT2D eigenvalue weighted by molar-refractivity contribution is -0.123. The van der Waals surface area contributed by atoms with Crippen LogP contribution in [0.1, 0.15) is 71.4 Å². The third-order valence-corrected chi connectivity index (χ3v) is 4.13. The summed E-state index contributed by atoms with van der Waals surface area (Å²) in [5.74, 6) is 0.656. The summed E-state index contributed by atoms with van der Waals surface area (Å²) < 4.78 is 10.8. The largest absolute Gasteiger partial charge is 0.514 e. The van der Waals surface area contributed by atoms with Gasteiger partial charge in [-0.25, -0.2) is 4.79 Å². The van der Waals surface area contributed by atoms with Gasteiger partial charge in [0.1, 0.15) is 17.6 Å². The zero-order valence-corrected chi connectivity index (χ0v) is 15.2. The maximum absolute atomic E-state index is 12.1. The minimum atomic E-state index is -0.763. The van der Waals surface area contributed by atoms with Crippen LogP contribution in [0.3, 0.4) is 0 Å². The number of benzene rings is 1. The minimum Gasteiger partial charge on any atom is -0.430 e. The Morgan fingerprint density at radius 3 is 1.78 bits per heavy atom. The first-order valence-electron chi connectivity index (χ1n) is 8.16. The number of carbonyl (C=O) groups is 2. The van der Waals surface area contributed by atoms with Gasteiger partial charge in [0.15, 0.2) is 0 Å². The van der Waals surface area contributed by atoms with E-state index in [1.807, 2.05) is 18.2 Å². The zero-order valence-electron chi connectivity index (χ0n) is 15.2. The predicted molar refractivity (Wildman–Crippen MR) is 91.0 cm³/mol. The molecule has 4 heteroatoms. The molecular weight excluding hydrogens is 292 g/mol. The van der Waals surface area contributed by atoms with Crippen LogP contribution < -0.4 is 4.74 Å². The zero-order chi connectivity index (χ0) is 17.7. The van der Waals surface area contributed by atoms with Crippen LogP contribution in [0.25, 0.3) is 0 Å². The number of hydrogen-bond acceptors (Lipinski definition) is 4. The lowest BCUT2D eigenvalue weighted by atomic mass is 9.94. The van der Waals surface area contributed by atoms with Crippen molar-refractivity contribution >= 4 is 11.9 Å². The van der Waals surface area contributed by atoms with E-state index in [0.717, 1.165) is 11.1 Å². The second kappa shape index (κ2) is 8.14. The number of hydrogen-bond donors (Lipinski definition) is 0. The van der Waals surface area contributed by atoms with Gasteiger partial charge in [-0.2, -0.15) is 0 Å². The van der Waals surface area contributed by atoms with Crippen LogP contribution in [-0.2, 0) is 9.53 Å². The van der Waals surface area contributed by atoms with E-state index >= 15 is 0 Å². The number of ketones is 1. The smallest absolute Gasteiger partial charge is 0.430 e. The highest BCUT2D eigenvalue weighted by atomic mass is 16.7. The van der Waals surface area contributed by atoms with Gasteiger partial charge in [-0.05, 0) is 36.8 Å². The van der Waals surface area contributed by atoms with E-state index in [4.69, 9.17) is 9.47 Å². The molecule has 2 unspecified atom stereocenters. The van der Waals surface area contributed by atoms with Gasteiger partial charge < -0.3 is 9.47 Å². The Hall–Kier alpha value is -1.84. The number of ether oxygens (including phenoxy) is 2. The second-order valence-corrected chi connectivity index (χ2v) is 6.65. The highest BCUT2D eigenvalue weighted by Crippen LogP contribution is 2.34. The monoisotopic (exact) mass is 320 g/mol. The fraction of sp³-hybridized carbons (Fsp3) is 0.579. The third kappa shape index (κ3) is 5.08. The van der Waals surface area contributed by atoms with Crippen LogP contribution in [0.5, 0.6) is 5.75 Å². The highest BCUT2D eigenvalue weighted by molar-refractivity contribution is 5.78. The molecule has 0 bridgehead atoms. The van der Waals surface area contributed by atoms with Crippen molar-refractivity contribution in [1.82, 2.24) is 0 Å². The van der Waals surface area contributed by atoms with Crippen molar-refractivity contribution < 1.29 is 19.1 Å². The Morgan fingerprint density at radius 2 is 1.39 bits per heavy atom. The molecule has 0 heterocycles. The van der Waals surface area contributed by atoms with E-state index in [0.29, 0.717) is 5.75 Å². The van der Waals surface area contributed by atoms with E-state index in [-0.39, 0.29) is 23.5 Å². The summed E-state index contributed by atoms with van der Waals surface area (Å²) in [7, 11) is 0. The van der Waals surface area contributed by atoms with E-state index in [9.17, 15) is 9.59 Å². The Morgan fingerprint density at radius 1 is 0.913 bits per heavy atom. The lowest BCUT2D eigenvalue weighted by Gasteiger charge is -2.21. The van der Waals surface area contributed by atoms with Gasteiger partial charge in [-0.15, -0.1) is 0 Å². The van der Waals surface area contributed by atoms with Crippen molar-refractivity contribution in [2.24, 2.45) is 5.92 Å². The molecule has 1 rings (SSSR count). The number of rotatable bonds is 6. The average Bonchev–Trinajstić information content (AvgIpc) is 2.45. The van der Waals surface area contributed by atoms with Crippen LogP contribution in [0.15, 0.2) is 18.2 Å². The van der Waals surface area contributed by atoms with E-state index < -0.39 is 12.3 Å². The molecule has 0 saturated heterocycles. The number of para-hydroxylation sites is 1. The molecule has 2 atom stereocenters. The Kier molecular flexibility index (Phi) is 6.79. The summed E-state index contributed by atoms with van der Waals surface area (Å²) in [5, 5.41) is 0. The molecule has 0 aliphatic rings. The summed E-state index contributed by atoms with van der Waals surface area (Å²) >= 11 is 0. The van der Waals surface area contributed by atoms with Crippen molar-refractivity contribution in [3.63, 3.8) is 0 Å². The van der Waals surface area contributed by atoms with Crippen molar-refractivity contribution in [2.45, 2.75) is 66.4 Å². The summed E-state index contributed by atoms with van der Waals surface area (Å²) in [6.07, 6.45) is -1.28. The van der Waals surface area contributed by atoms with Gasteiger partial charge >= 0.3 is 6.16 Å². The van der Waals surface area contributed by atoms with Crippen molar-refractivity contribution in [3.05, 3.63) is 29.3 Å². The number of carbonyl (C=O) groups excluding carboxylic acids is 2. The van der Waals surface area contributed by atoms with Crippen molar-refractivity contribution in [2.75, 3.05) is 0 Å². The third-order valence-electron chi connectivity index (χ3n) is 4.13. The first-order chi connectivity index (χ1) is 10.6. The summed E-state index contributed by atoms with van der Waals surface area (Å²) in [6, 6.07) is 5.89. The maximum Gasteiger partial charge on any atom is 0.514 e. The molecule has 1 aromatic rings. The average molecular weight is 320 g/mol. The van der Waals surface area contributed by atoms with E-state index in [1.54, 1.807) is 13.8 Å². The molecule has 0 fully saturated rings. The quantitative estimate of drug-likeness (QED) is 0.543. The molecule has 0 amide bonds. The molecule has 128 valence electrons. The molecule has 0 N–H and O–H groups in total. The van der Waals surface area contributed by atoms with E-state index in [2.05, 4.69) is 27.7 Å². The molecule has 0 spiro atoms. The maximum atomic E-state index is 12.1. The lowest BCUT2D eigenvalue weighted by Crippen LogP contribution is -2.28. The van der Waals surface area contributed by atoms with Gasteiger partial charge in [0.05, 0.1) is 5.92 Å². The SMILES string of the molecule is CC(=O)C(C)C(C)OC(=O)Oc1c(C(C)C)cccc1C(C)C. The van der Waals surface area contributed by atoms with Crippen molar-refractivity contribution in [3.8, 4) is 5.75 Å². The van der Waals surface area contributed by atoms with Gasteiger partial charge in [-0.1, -0.05) is 52.8 Å². The van der Waals surface area contributed by atoms with Crippen LogP contribution in [0.4, 0.5) is 4.79 Å². The Balaban J connectivity index is 2.99. The predicted octanol–water partition coefficient (Wildman–Crippen LogP) is 5.06. The van der Waals surface area contributed by atoms with Gasteiger partial charge in [0.2, 0.25) is 0 Å². The van der Waals surface area contributed by atoms with Gasteiger partial charge in [0, 0.05) is 0 Å². The first-order valence-corrected chi connectivity index (χ1v) is 8.16. The molecule has 4 nitrogen and oxygen atoms in total. The molecule has 0 radical (unpaired) electrons. The second-order valence-electron chi connectivity index (χ2n) is 6.65. The van der Waals surface area contributed by atoms with Crippen molar-refractivity contribution in [1.29, 1.82) is 0 Å². The fourth-order valence-electron chi connectivity index (χ4n) is 2.29. The molecule has 23 heavy (non-hydrogen) atoms. The van der Waals surface area contributed by atoms with E-state index in [1.165, 1.54) is 6.92 Å². The van der Waals surface area contributed by atoms with Crippen LogP contribution in [0, 0.1) is 5.92 Å². The standard InChI is InChI=1S/C19H28O4/c1-11(2)16-9-8-10-17(12(3)4)18(16)23-19(21)22-15(7)13(5)14(6)20/h8-13,15H,1-7H3. The summed E-state index contributed by atoms with van der Waals surface area (Å²) in [6.45, 7) is 13.1. The highest BCUT2D eigenvalue weighted by Gasteiger charge is 2.24. The molecular formula is C19H28O4. The fourth-order valence-corrected chi connectivity index (χ4v) is 2.29. The topological polar surface area (TPSA) is 52.6 Å². The molecule has 0 aliphatic carbocycles. The Labute approximate surface area is 139 Å². The number of Topliss-reactive ketones (excluding diaryl/α,β-unsaturated/α-hetero) is 1. The molecule has 0 saturated carbocycles. The molecule has 1 aromatic carbocycles.